The van der Waals surface area contributed by atoms with Crippen LogP contribution in [-0.2, 0) is 24.4 Å². The Bertz CT molecular complexity index is 1480. The van der Waals surface area contributed by atoms with Gasteiger partial charge in [0.05, 0.1) is 26.0 Å². The zero-order valence-corrected chi connectivity index (χ0v) is 20.3. The number of tetrazole rings is 1. The summed E-state index contributed by atoms with van der Waals surface area (Å²) in [7, 11) is 1.64. The Hall–Kier alpha value is -4.08. The Morgan fingerprint density at radius 2 is 1.94 bits per heavy atom. The number of hydrogen-bond donors (Lipinski definition) is 1. The molecule has 0 aliphatic carbocycles. The van der Waals surface area contributed by atoms with Crippen molar-refractivity contribution in [1.82, 2.24) is 30.1 Å². The van der Waals surface area contributed by atoms with Crippen LogP contribution in [0, 0.1) is 6.92 Å². The Kier molecular flexibility index (Phi) is 7.01. The minimum Gasteiger partial charge on any atom is -0.468 e. The second-order valence-corrected chi connectivity index (χ2v) is 8.77. The molecule has 0 saturated heterocycles. The second kappa shape index (κ2) is 10.7. The van der Waals surface area contributed by atoms with Gasteiger partial charge in [0.1, 0.15) is 11.8 Å². The summed E-state index contributed by atoms with van der Waals surface area (Å²) in [6.45, 7) is 3.93. The van der Waals surface area contributed by atoms with Gasteiger partial charge in [-0.3, -0.25) is 9.69 Å². The third kappa shape index (κ3) is 5.12. The average Bonchev–Trinajstić information content (AvgIpc) is 3.56. The van der Waals surface area contributed by atoms with Gasteiger partial charge in [-0.25, -0.2) is 4.68 Å². The van der Waals surface area contributed by atoms with Crippen LogP contribution < -0.4 is 5.56 Å². The van der Waals surface area contributed by atoms with Gasteiger partial charge < -0.3 is 14.1 Å². The Balaban J connectivity index is 1.68. The molecule has 0 saturated carbocycles. The van der Waals surface area contributed by atoms with Gasteiger partial charge >= 0.3 is 0 Å². The lowest BCUT2D eigenvalue weighted by atomic mass is 10.0. The van der Waals surface area contributed by atoms with Crippen molar-refractivity contribution in [2.75, 3.05) is 13.7 Å². The number of rotatable bonds is 10. The van der Waals surface area contributed by atoms with Crippen LogP contribution in [0.25, 0.3) is 10.9 Å². The predicted octanol–water partition coefficient (Wildman–Crippen LogP) is 3.85. The van der Waals surface area contributed by atoms with E-state index in [0.717, 1.165) is 27.8 Å². The number of ether oxygens (including phenoxy) is 1. The van der Waals surface area contributed by atoms with E-state index >= 15 is 0 Å². The van der Waals surface area contributed by atoms with Gasteiger partial charge in [0, 0.05) is 24.7 Å². The Labute approximate surface area is 208 Å². The first-order valence-electron chi connectivity index (χ1n) is 11.8. The van der Waals surface area contributed by atoms with Crippen LogP contribution in [0.4, 0.5) is 0 Å². The highest BCUT2D eigenvalue weighted by Crippen LogP contribution is 2.30. The fraction of sp³-hybridized carbons (Fsp3) is 0.259. The highest BCUT2D eigenvalue weighted by atomic mass is 16.5. The molecule has 3 aromatic heterocycles. The van der Waals surface area contributed by atoms with E-state index in [2.05, 4.69) is 43.6 Å². The smallest absolute Gasteiger partial charge is 0.253 e. The molecule has 0 aliphatic rings. The lowest BCUT2D eigenvalue weighted by Gasteiger charge is -2.30. The number of hydrogen-bond acceptors (Lipinski definition) is 7. The molecule has 0 aliphatic heterocycles. The maximum atomic E-state index is 13.5. The van der Waals surface area contributed by atoms with E-state index in [1.54, 1.807) is 18.1 Å². The molecule has 9 nitrogen and oxygen atoms in total. The molecule has 0 amide bonds. The van der Waals surface area contributed by atoms with Crippen LogP contribution in [0.2, 0.25) is 0 Å². The van der Waals surface area contributed by atoms with Crippen molar-refractivity contribution >= 4 is 10.9 Å². The van der Waals surface area contributed by atoms with Gasteiger partial charge in [-0.15, -0.1) is 5.10 Å². The molecule has 0 fully saturated rings. The summed E-state index contributed by atoms with van der Waals surface area (Å²) in [6, 6.07) is 21.3. The lowest BCUT2D eigenvalue weighted by molar-refractivity contribution is 0.163. The number of aromatic amines is 1. The number of aryl methyl sites for hydroxylation is 1. The van der Waals surface area contributed by atoms with Crippen LogP contribution in [0.3, 0.4) is 0 Å². The molecular weight excluding hydrogens is 456 g/mol. The van der Waals surface area contributed by atoms with Gasteiger partial charge in [-0.05, 0) is 58.6 Å². The van der Waals surface area contributed by atoms with Crippen molar-refractivity contribution in [3.05, 3.63) is 112 Å². The average molecular weight is 485 g/mol. The first kappa shape index (κ1) is 23.7. The minimum atomic E-state index is -0.546. The first-order chi connectivity index (χ1) is 17.6. The van der Waals surface area contributed by atoms with Crippen molar-refractivity contribution < 1.29 is 9.15 Å². The van der Waals surface area contributed by atoms with E-state index in [1.807, 2.05) is 55.5 Å². The normalized spacial score (nSPS) is 12.4. The Morgan fingerprint density at radius 1 is 1.08 bits per heavy atom. The van der Waals surface area contributed by atoms with Crippen molar-refractivity contribution in [2.24, 2.45) is 0 Å². The van der Waals surface area contributed by atoms with Crippen LogP contribution >= 0.6 is 0 Å². The van der Waals surface area contributed by atoms with Gasteiger partial charge in [-0.2, -0.15) is 0 Å². The van der Waals surface area contributed by atoms with E-state index in [4.69, 9.17) is 9.15 Å². The largest absolute Gasteiger partial charge is 0.468 e. The SMILES string of the molecule is COCCn1nnnc1[C@H](c1cc2cc(C)ccc2[nH]c1=O)N(Cc1ccccc1)Cc1ccco1. The third-order valence-corrected chi connectivity index (χ3v) is 6.17. The molecular formula is C27H28N6O3. The van der Waals surface area contributed by atoms with Crippen LogP contribution in [-0.4, -0.2) is 43.8 Å². The number of pyridine rings is 1. The highest BCUT2D eigenvalue weighted by Gasteiger charge is 2.31. The fourth-order valence-electron chi connectivity index (χ4n) is 4.45. The van der Waals surface area contributed by atoms with E-state index in [-0.39, 0.29) is 5.56 Å². The molecule has 0 bridgehead atoms. The van der Waals surface area contributed by atoms with E-state index in [0.29, 0.717) is 37.6 Å². The topological polar surface area (TPSA) is 102 Å². The minimum absolute atomic E-state index is 0.185. The number of methoxy groups -OCH3 is 1. The number of aromatic nitrogens is 5. The van der Waals surface area contributed by atoms with E-state index in [9.17, 15) is 4.79 Å². The summed E-state index contributed by atoms with van der Waals surface area (Å²) in [5.41, 5.74) is 3.36. The molecule has 5 rings (SSSR count). The van der Waals surface area contributed by atoms with Crippen LogP contribution in [0.1, 0.15) is 34.3 Å². The van der Waals surface area contributed by atoms with Gasteiger partial charge in [-0.1, -0.05) is 42.0 Å². The quantitative estimate of drug-likeness (QED) is 0.321. The molecule has 3 heterocycles. The first-order valence-corrected chi connectivity index (χ1v) is 11.8. The van der Waals surface area contributed by atoms with Crippen LogP contribution in [0.15, 0.2) is 82.2 Å². The molecule has 184 valence electrons. The van der Waals surface area contributed by atoms with Crippen molar-refractivity contribution in [3.8, 4) is 0 Å². The maximum Gasteiger partial charge on any atom is 0.253 e. The van der Waals surface area contributed by atoms with Gasteiger partial charge in [0.15, 0.2) is 5.82 Å². The summed E-state index contributed by atoms with van der Waals surface area (Å²) in [5.74, 6) is 1.34. The van der Waals surface area contributed by atoms with Gasteiger partial charge in [0.25, 0.3) is 5.56 Å². The predicted molar refractivity (Wildman–Crippen MR) is 135 cm³/mol. The zero-order chi connectivity index (χ0) is 24.9. The summed E-state index contributed by atoms with van der Waals surface area (Å²) < 4.78 is 12.7. The summed E-state index contributed by atoms with van der Waals surface area (Å²) in [6.07, 6.45) is 1.65. The number of benzene rings is 2. The number of nitrogens with zero attached hydrogens (tertiary/aromatic N) is 5. The van der Waals surface area contributed by atoms with Crippen molar-refractivity contribution in [1.29, 1.82) is 0 Å². The monoisotopic (exact) mass is 484 g/mol. The standard InChI is InChI=1S/C27H28N6O3/c1-19-10-11-24-21(15-19)16-23(27(34)28-24)25(26-29-30-31-33(26)12-14-35-2)32(18-22-9-6-13-36-22)17-20-7-4-3-5-8-20/h3-11,13,15-16,25H,12,14,17-18H2,1-2H3,(H,28,34)/t25-/m0/s1. The Morgan fingerprint density at radius 3 is 2.72 bits per heavy atom. The molecule has 0 unspecified atom stereocenters. The summed E-state index contributed by atoms with van der Waals surface area (Å²) in [4.78, 5) is 18.8. The maximum absolute atomic E-state index is 13.5. The molecule has 1 N–H and O–H groups in total. The zero-order valence-electron chi connectivity index (χ0n) is 20.3. The molecule has 1 atom stereocenters. The van der Waals surface area contributed by atoms with E-state index < -0.39 is 6.04 Å². The molecule has 0 spiro atoms. The number of H-pyrrole nitrogens is 1. The lowest BCUT2D eigenvalue weighted by Crippen LogP contribution is -2.35. The summed E-state index contributed by atoms with van der Waals surface area (Å²) >= 11 is 0. The number of fused-ring (bicyclic) bond motifs is 1. The molecule has 36 heavy (non-hydrogen) atoms. The van der Waals surface area contributed by atoms with E-state index in [1.165, 1.54) is 0 Å². The molecule has 5 aromatic rings. The number of nitrogens with one attached hydrogen (secondary N) is 1. The third-order valence-electron chi connectivity index (χ3n) is 6.17. The van der Waals surface area contributed by atoms with Crippen LogP contribution in [0.5, 0.6) is 0 Å². The molecule has 9 heteroatoms. The number of furan rings is 1. The van der Waals surface area contributed by atoms with Crippen molar-refractivity contribution in [2.45, 2.75) is 32.6 Å². The molecule has 2 aromatic carbocycles. The highest BCUT2D eigenvalue weighted by molar-refractivity contribution is 5.79. The second-order valence-electron chi connectivity index (χ2n) is 8.77. The van der Waals surface area contributed by atoms with Gasteiger partial charge in [0.2, 0.25) is 0 Å². The summed E-state index contributed by atoms with van der Waals surface area (Å²) in [5, 5.41) is 13.5. The van der Waals surface area contributed by atoms with Crippen molar-refractivity contribution in [3.63, 3.8) is 0 Å². The fourth-order valence-corrected chi connectivity index (χ4v) is 4.45. The molecule has 0 radical (unpaired) electrons.